The molecule has 0 aliphatic carbocycles. The van der Waals surface area contributed by atoms with Crippen molar-refractivity contribution in [3.8, 4) is 0 Å². The van der Waals surface area contributed by atoms with Crippen molar-refractivity contribution in [1.82, 2.24) is 19.8 Å². The summed E-state index contributed by atoms with van der Waals surface area (Å²) in [6.45, 7) is 7.84. The topological polar surface area (TPSA) is 62.6 Å². The molecule has 7 heteroatoms. The molecule has 2 heterocycles. The summed E-state index contributed by atoms with van der Waals surface area (Å²) in [6, 6.07) is 0.292. The quantitative estimate of drug-likeness (QED) is 0.911. The molecule has 0 saturated carbocycles. The van der Waals surface area contributed by atoms with E-state index in [0.717, 1.165) is 31.2 Å². The molecule has 1 saturated heterocycles. The molecule has 0 aromatic carbocycles. The molecule has 1 fully saturated rings. The zero-order chi connectivity index (χ0) is 17.2. The Bertz CT molecular complexity index is 547. The predicted molar refractivity (Wildman–Crippen MR) is 90.6 cm³/mol. The van der Waals surface area contributed by atoms with Crippen molar-refractivity contribution in [2.45, 2.75) is 45.4 Å². The van der Waals surface area contributed by atoms with Crippen molar-refractivity contribution < 1.29 is 9.53 Å². The minimum absolute atomic E-state index is 0.225. The SMILES string of the molecule is CN(C)c1ncc(CNC2CCN(C(=O)OC(C)(C)C)C2)n1C. The van der Waals surface area contributed by atoms with Gasteiger partial charge in [-0.25, -0.2) is 9.78 Å². The Hall–Kier alpha value is -1.76. The van der Waals surface area contributed by atoms with Gasteiger partial charge in [-0.2, -0.15) is 0 Å². The molecule has 7 nitrogen and oxygen atoms in total. The van der Waals surface area contributed by atoms with Crippen molar-refractivity contribution in [3.05, 3.63) is 11.9 Å². The molecular weight excluding hydrogens is 294 g/mol. The number of hydrogen-bond donors (Lipinski definition) is 1. The third-order valence-corrected chi connectivity index (χ3v) is 3.87. The second-order valence-electron chi connectivity index (χ2n) is 7.30. The average Bonchev–Trinajstić information content (AvgIpc) is 3.01. The van der Waals surface area contributed by atoms with E-state index in [1.807, 2.05) is 53.0 Å². The summed E-state index contributed by atoms with van der Waals surface area (Å²) in [5.41, 5.74) is 0.685. The standard InChI is InChI=1S/C16H29N5O2/c1-16(2,3)23-15(22)21-8-7-12(11-21)17-9-13-10-18-14(19(4)5)20(13)6/h10,12,17H,7-9,11H2,1-6H3. The van der Waals surface area contributed by atoms with Gasteiger partial charge in [0.05, 0.1) is 11.9 Å². The third-order valence-electron chi connectivity index (χ3n) is 3.87. The van der Waals surface area contributed by atoms with Crippen molar-refractivity contribution in [2.24, 2.45) is 7.05 Å². The van der Waals surface area contributed by atoms with E-state index in [1.165, 1.54) is 0 Å². The van der Waals surface area contributed by atoms with Gasteiger partial charge in [-0.15, -0.1) is 0 Å². The van der Waals surface area contributed by atoms with Crippen molar-refractivity contribution >= 4 is 12.0 Å². The van der Waals surface area contributed by atoms with Crippen LogP contribution in [0.4, 0.5) is 10.7 Å². The lowest BCUT2D eigenvalue weighted by molar-refractivity contribution is 0.0291. The Kier molecular flexibility index (Phi) is 5.19. The molecule has 0 bridgehead atoms. The minimum Gasteiger partial charge on any atom is -0.444 e. The number of imidazole rings is 1. The first-order chi connectivity index (χ1) is 10.7. The predicted octanol–water partition coefficient (Wildman–Crippen LogP) is 1.59. The van der Waals surface area contributed by atoms with Crippen LogP contribution >= 0.6 is 0 Å². The summed E-state index contributed by atoms with van der Waals surface area (Å²) in [5, 5.41) is 3.51. The normalized spacial score (nSPS) is 18.3. The zero-order valence-corrected chi connectivity index (χ0v) is 15.1. The van der Waals surface area contributed by atoms with E-state index in [9.17, 15) is 4.79 Å². The lowest BCUT2D eigenvalue weighted by Gasteiger charge is -2.24. The average molecular weight is 323 g/mol. The van der Waals surface area contributed by atoms with E-state index in [2.05, 4.69) is 14.9 Å². The number of aromatic nitrogens is 2. The summed E-state index contributed by atoms with van der Waals surface area (Å²) in [7, 11) is 5.98. The van der Waals surface area contributed by atoms with E-state index in [0.29, 0.717) is 12.6 Å². The van der Waals surface area contributed by atoms with E-state index in [-0.39, 0.29) is 6.09 Å². The summed E-state index contributed by atoms with van der Waals surface area (Å²) in [5.74, 6) is 0.934. The molecule has 1 atom stereocenters. The first-order valence-electron chi connectivity index (χ1n) is 8.06. The van der Waals surface area contributed by atoms with Crippen LogP contribution < -0.4 is 10.2 Å². The van der Waals surface area contributed by atoms with E-state index >= 15 is 0 Å². The molecular formula is C16H29N5O2. The summed E-state index contributed by atoms with van der Waals surface area (Å²) in [4.78, 5) is 20.2. The van der Waals surface area contributed by atoms with Gasteiger partial charge in [-0.05, 0) is 27.2 Å². The van der Waals surface area contributed by atoms with Crippen LogP contribution in [0.25, 0.3) is 0 Å². The Morgan fingerprint density at radius 3 is 2.74 bits per heavy atom. The van der Waals surface area contributed by atoms with Gasteiger partial charge in [0.2, 0.25) is 5.95 Å². The second-order valence-corrected chi connectivity index (χ2v) is 7.30. The molecule has 1 unspecified atom stereocenters. The van der Waals surface area contributed by atoms with Gasteiger partial charge in [0, 0.05) is 46.8 Å². The monoisotopic (exact) mass is 323 g/mol. The van der Waals surface area contributed by atoms with Gasteiger partial charge in [0.25, 0.3) is 0 Å². The van der Waals surface area contributed by atoms with Crippen LogP contribution in [0.15, 0.2) is 6.20 Å². The number of amides is 1. The number of rotatable bonds is 4. The molecule has 1 aliphatic rings. The number of likely N-dealkylation sites (tertiary alicyclic amines) is 1. The fourth-order valence-corrected chi connectivity index (χ4v) is 2.68. The molecule has 1 aromatic rings. The van der Waals surface area contributed by atoms with Crippen LogP contribution in [-0.2, 0) is 18.3 Å². The molecule has 0 spiro atoms. The molecule has 1 aliphatic heterocycles. The van der Waals surface area contributed by atoms with Crippen LogP contribution in [-0.4, -0.2) is 59.4 Å². The second kappa shape index (κ2) is 6.78. The maximum absolute atomic E-state index is 12.1. The van der Waals surface area contributed by atoms with E-state index < -0.39 is 5.60 Å². The summed E-state index contributed by atoms with van der Waals surface area (Å²) >= 11 is 0. The maximum Gasteiger partial charge on any atom is 0.410 e. The molecule has 1 N–H and O–H groups in total. The molecule has 23 heavy (non-hydrogen) atoms. The van der Waals surface area contributed by atoms with Gasteiger partial charge in [-0.1, -0.05) is 0 Å². The van der Waals surface area contributed by atoms with Gasteiger partial charge in [0.1, 0.15) is 5.60 Å². The lowest BCUT2D eigenvalue weighted by atomic mass is 10.2. The smallest absolute Gasteiger partial charge is 0.410 e. The maximum atomic E-state index is 12.1. The van der Waals surface area contributed by atoms with Crippen LogP contribution in [0.2, 0.25) is 0 Å². The highest BCUT2D eigenvalue weighted by molar-refractivity contribution is 5.68. The molecule has 130 valence electrons. The number of anilines is 1. The van der Waals surface area contributed by atoms with Crippen molar-refractivity contribution in [1.29, 1.82) is 0 Å². The third kappa shape index (κ3) is 4.60. The fraction of sp³-hybridized carbons (Fsp3) is 0.750. The Labute approximate surface area is 138 Å². The number of carbonyl (C=O) groups excluding carboxylic acids is 1. The number of hydrogen-bond acceptors (Lipinski definition) is 5. The Morgan fingerprint density at radius 1 is 1.48 bits per heavy atom. The Balaban J connectivity index is 1.83. The number of nitrogens with one attached hydrogen (secondary N) is 1. The molecule has 1 aromatic heterocycles. The summed E-state index contributed by atoms with van der Waals surface area (Å²) in [6.07, 6.45) is 2.61. The van der Waals surface area contributed by atoms with E-state index in [1.54, 1.807) is 4.90 Å². The first-order valence-corrected chi connectivity index (χ1v) is 8.06. The largest absolute Gasteiger partial charge is 0.444 e. The highest BCUT2D eigenvalue weighted by Crippen LogP contribution is 2.16. The number of carbonyl (C=O) groups is 1. The Morgan fingerprint density at radius 2 is 2.17 bits per heavy atom. The minimum atomic E-state index is -0.445. The molecule has 1 amide bonds. The van der Waals surface area contributed by atoms with Crippen LogP contribution in [0, 0.1) is 0 Å². The molecule has 2 rings (SSSR count). The van der Waals surface area contributed by atoms with Crippen LogP contribution in [0.5, 0.6) is 0 Å². The van der Waals surface area contributed by atoms with Crippen LogP contribution in [0.1, 0.15) is 32.9 Å². The lowest BCUT2D eigenvalue weighted by Crippen LogP contribution is -2.38. The van der Waals surface area contributed by atoms with E-state index in [4.69, 9.17) is 4.74 Å². The summed E-state index contributed by atoms with van der Waals surface area (Å²) < 4.78 is 7.50. The van der Waals surface area contributed by atoms with Gasteiger partial charge in [-0.3, -0.25) is 0 Å². The van der Waals surface area contributed by atoms with Crippen molar-refractivity contribution in [3.63, 3.8) is 0 Å². The zero-order valence-electron chi connectivity index (χ0n) is 15.1. The number of ether oxygens (including phenoxy) is 1. The highest BCUT2D eigenvalue weighted by atomic mass is 16.6. The van der Waals surface area contributed by atoms with Gasteiger partial charge >= 0.3 is 6.09 Å². The van der Waals surface area contributed by atoms with Gasteiger partial charge < -0.3 is 24.4 Å². The highest BCUT2D eigenvalue weighted by Gasteiger charge is 2.29. The first kappa shape index (κ1) is 17.6. The number of nitrogens with zero attached hydrogens (tertiary/aromatic N) is 4. The molecule has 0 radical (unpaired) electrons. The van der Waals surface area contributed by atoms with Crippen molar-refractivity contribution in [2.75, 3.05) is 32.1 Å². The van der Waals surface area contributed by atoms with Crippen LogP contribution in [0.3, 0.4) is 0 Å². The van der Waals surface area contributed by atoms with Gasteiger partial charge in [0.15, 0.2) is 0 Å². The fourth-order valence-electron chi connectivity index (χ4n) is 2.68.